The number of benzene rings is 1. The zero-order valence-corrected chi connectivity index (χ0v) is 12.0. The van der Waals surface area contributed by atoms with Gasteiger partial charge in [0.2, 0.25) is 5.91 Å². The lowest BCUT2D eigenvalue weighted by Gasteiger charge is -2.22. The number of nitrogens with zero attached hydrogens (tertiary/aromatic N) is 1. The molecule has 1 aromatic rings. The van der Waals surface area contributed by atoms with Gasteiger partial charge in [0.15, 0.2) is 0 Å². The molecule has 2 amide bonds. The van der Waals surface area contributed by atoms with Crippen molar-refractivity contribution in [2.45, 2.75) is 39.2 Å². The van der Waals surface area contributed by atoms with E-state index in [2.05, 4.69) is 0 Å². The minimum atomic E-state index is -0.501. The first-order chi connectivity index (χ1) is 9.63. The van der Waals surface area contributed by atoms with E-state index in [-0.39, 0.29) is 24.5 Å². The summed E-state index contributed by atoms with van der Waals surface area (Å²) >= 11 is 0. The molecule has 108 valence electrons. The Kier molecular flexibility index (Phi) is 4.77. The Hall–Kier alpha value is -1.84. The van der Waals surface area contributed by atoms with Gasteiger partial charge >= 0.3 is 6.09 Å². The van der Waals surface area contributed by atoms with Gasteiger partial charge in [-0.25, -0.2) is 9.69 Å². The SMILES string of the molecule is CCC[C@@H](C)C(=O)N1C(=O)OC[C@H]1Cc1ccccc1. The third kappa shape index (κ3) is 3.18. The third-order valence-corrected chi connectivity index (χ3v) is 3.66. The first kappa shape index (κ1) is 14.6. The fraction of sp³-hybridized carbons (Fsp3) is 0.500. The Morgan fingerprint density at radius 2 is 2.10 bits per heavy atom. The van der Waals surface area contributed by atoms with Crippen molar-refractivity contribution in [2.75, 3.05) is 6.61 Å². The first-order valence-corrected chi connectivity index (χ1v) is 7.17. The van der Waals surface area contributed by atoms with Crippen molar-refractivity contribution in [1.29, 1.82) is 0 Å². The van der Waals surface area contributed by atoms with Gasteiger partial charge in [0.1, 0.15) is 6.61 Å². The molecule has 0 bridgehead atoms. The fourth-order valence-electron chi connectivity index (χ4n) is 2.56. The van der Waals surface area contributed by atoms with E-state index in [1.807, 2.05) is 44.2 Å². The van der Waals surface area contributed by atoms with Crippen LogP contribution >= 0.6 is 0 Å². The molecule has 0 aromatic heterocycles. The number of ether oxygens (including phenoxy) is 1. The molecule has 20 heavy (non-hydrogen) atoms. The van der Waals surface area contributed by atoms with Crippen LogP contribution in [-0.2, 0) is 16.0 Å². The Bertz CT molecular complexity index is 472. The molecule has 0 spiro atoms. The average molecular weight is 275 g/mol. The summed E-state index contributed by atoms with van der Waals surface area (Å²) in [7, 11) is 0. The van der Waals surface area contributed by atoms with Gasteiger partial charge in [0.25, 0.3) is 0 Å². The number of carbonyl (C=O) groups is 2. The van der Waals surface area contributed by atoms with Crippen LogP contribution in [0.4, 0.5) is 4.79 Å². The second-order valence-corrected chi connectivity index (χ2v) is 5.32. The van der Waals surface area contributed by atoms with Crippen LogP contribution in [0.25, 0.3) is 0 Å². The Labute approximate surface area is 119 Å². The molecule has 0 saturated carbocycles. The van der Waals surface area contributed by atoms with Crippen LogP contribution < -0.4 is 0 Å². The molecule has 1 aromatic carbocycles. The molecule has 1 aliphatic heterocycles. The minimum Gasteiger partial charge on any atom is -0.447 e. The van der Waals surface area contributed by atoms with Crippen molar-refractivity contribution in [3.05, 3.63) is 35.9 Å². The van der Waals surface area contributed by atoms with E-state index < -0.39 is 6.09 Å². The van der Waals surface area contributed by atoms with Gasteiger partial charge in [-0.15, -0.1) is 0 Å². The van der Waals surface area contributed by atoms with E-state index in [1.54, 1.807) is 0 Å². The second kappa shape index (κ2) is 6.55. The van der Waals surface area contributed by atoms with E-state index in [1.165, 1.54) is 4.90 Å². The first-order valence-electron chi connectivity index (χ1n) is 7.17. The maximum Gasteiger partial charge on any atom is 0.416 e. The van der Waals surface area contributed by atoms with E-state index >= 15 is 0 Å². The van der Waals surface area contributed by atoms with Crippen molar-refractivity contribution in [3.8, 4) is 0 Å². The maximum absolute atomic E-state index is 12.4. The van der Waals surface area contributed by atoms with Gasteiger partial charge in [-0.3, -0.25) is 4.79 Å². The normalized spacial score (nSPS) is 19.8. The second-order valence-electron chi connectivity index (χ2n) is 5.32. The van der Waals surface area contributed by atoms with Crippen LogP contribution in [0.1, 0.15) is 32.3 Å². The molecule has 2 rings (SSSR count). The maximum atomic E-state index is 12.4. The van der Waals surface area contributed by atoms with Crippen LogP contribution in [0.2, 0.25) is 0 Å². The molecule has 1 saturated heterocycles. The summed E-state index contributed by atoms with van der Waals surface area (Å²) in [5, 5.41) is 0. The lowest BCUT2D eigenvalue weighted by atomic mass is 10.0. The van der Waals surface area contributed by atoms with Crippen molar-refractivity contribution in [3.63, 3.8) is 0 Å². The molecular formula is C16H21NO3. The number of hydrogen-bond acceptors (Lipinski definition) is 3. The van der Waals surface area contributed by atoms with Crippen molar-refractivity contribution >= 4 is 12.0 Å². The smallest absolute Gasteiger partial charge is 0.416 e. The average Bonchev–Trinajstić information content (AvgIpc) is 2.80. The third-order valence-electron chi connectivity index (χ3n) is 3.66. The van der Waals surface area contributed by atoms with Crippen molar-refractivity contribution in [1.82, 2.24) is 4.90 Å². The highest BCUT2D eigenvalue weighted by Crippen LogP contribution is 2.21. The molecule has 0 N–H and O–H groups in total. The zero-order valence-electron chi connectivity index (χ0n) is 12.0. The van der Waals surface area contributed by atoms with Gasteiger partial charge in [0.05, 0.1) is 6.04 Å². The standard InChI is InChI=1S/C16H21NO3/c1-3-7-12(2)15(18)17-14(11-20-16(17)19)10-13-8-5-4-6-9-13/h4-6,8-9,12,14H,3,7,10-11H2,1-2H3/t12-,14-/m1/s1. The number of amides is 2. The predicted molar refractivity (Wildman–Crippen MR) is 76.2 cm³/mol. The molecule has 4 nitrogen and oxygen atoms in total. The Morgan fingerprint density at radius 1 is 1.40 bits per heavy atom. The number of cyclic esters (lactones) is 1. The van der Waals surface area contributed by atoms with Gasteiger partial charge in [0, 0.05) is 5.92 Å². The molecule has 4 heteroatoms. The summed E-state index contributed by atoms with van der Waals surface area (Å²) in [6.07, 6.45) is 1.87. The molecule has 1 aliphatic rings. The highest BCUT2D eigenvalue weighted by atomic mass is 16.6. The lowest BCUT2D eigenvalue weighted by Crippen LogP contribution is -2.42. The number of imide groups is 1. The summed E-state index contributed by atoms with van der Waals surface area (Å²) in [6.45, 7) is 4.20. The van der Waals surface area contributed by atoms with Crippen LogP contribution in [0.15, 0.2) is 30.3 Å². The molecule has 1 heterocycles. The summed E-state index contributed by atoms with van der Waals surface area (Å²) < 4.78 is 5.07. The van der Waals surface area contributed by atoms with E-state index in [0.717, 1.165) is 18.4 Å². The topological polar surface area (TPSA) is 46.6 Å². The minimum absolute atomic E-state index is 0.115. The Morgan fingerprint density at radius 3 is 2.75 bits per heavy atom. The van der Waals surface area contributed by atoms with Crippen LogP contribution in [-0.4, -0.2) is 29.5 Å². The predicted octanol–water partition coefficient (Wildman–Crippen LogP) is 3.01. The summed E-state index contributed by atoms with van der Waals surface area (Å²) in [6, 6.07) is 9.68. The van der Waals surface area contributed by atoms with Gasteiger partial charge in [-0.05, 0) is 18.4 Å². The molecule has 0 radical (unpaired) electrons. The van der Waals surface area contributed by atoms with Crippen molar-refractivity contribution in [2.24, 2.45) is 5.92 Å². The summed E-state index contributed by atoms with van der Waals surface area (Å²) in [5.41, 5.74) is 1.11. The molecule has 0 unspecified atom stereocenters. The molecular weight excluding hydrogens is 254 g/mol. The largest absolute Gasteiger partial charge is 0.447 e. The summed E-state index contributed by atoms with van der Waals surface area (Å²) in [4.78, 5) is 25.5. The van der Waals surface area contributed by atoms with E-state index in [4.69, 9.17) is 4.74 Å². The highest BCUT2D eigenvalue weighted by molar-refractivity contribution is 5.94. The number of hydrogen-bond donors (Lipinski definition) is 0. The van der Waals surface area contributed by atoms with Crippen LogP contribution in [0.3, 0.4) is 0 Å². The zero-order chi connectivity index (χ0) is 14.5. The Balaban J connectivity index is 2.08. The summed E-state index contributed by atoms with van der Waals surface area (Å²) in [5.74, 6) is -0.251. The van der Waals surface area contributed by atoms with Crippen LogP contribution in [0, 0.1) is 5.92 Å². The van der Waals surface area contributed by atoms with Gasteiger partial charge in [-0.1, -0.05) is 50.6 Å². The monoisotopic (exact) mass is 275 g/mol. The molecule has 2 atom stereocenters. The van der Waals surface area contributed by atoms with Gasteiger partial charge < -0.3 is 4.74 Å². The van der Waals surface area contributed by atoms with E-state index in [9.17, 15) is 9.59 Å². The fourth-order valence-corrected chi connectivity index (χ4v) is 2.56. The van der Waals surface area contributed by atoms with E-state index in [0.29, 0.717) is 6.42 Å². The number of carbonyl (C=O) groups excluding carboxylic acids is 2. The van der Waals surface area contributed by atoms with Crippen molar-refractivity contribution < 1.29 is 14.3 Å². The number of rotatable bonds is 5. The highest BCUT2D eigenvalue weighted by Gasteiger charge is 2.39. The molecule has 0 aliphatic carbocycles. The molecule has 1 fully saturated rings. The van der Waals surface area contributed by atoms with Crippen LogP contribution in [0.5, 0.6) is 0 Å². The lowest BCUT2D eigenvalue weighted by molar-refractivity contribution is -0.133. The quantitative estimate of drug-likeness (QED) is 0.830. The van der Waals surface area contributed by atoms with Gasteiger partial charge in [-0.2, -0.15) is 0 Å².